The Bertz CT molecular complexity index is 611. The number of carbonyl (C=O) groups is 2. The summed E-state index contributed by atoms with van der Waals surface area (Å²) in [6, 6.07) is 13.9. The van der Waals surface area contributed by atoms with Gasteiger partial charge in [0.1, 0.15) is 0 Å². The molecule has 0 saturated carbocycles. The summed E-state index contributed by atoms with van der Waals surface area (Å²) in [5, 5.41) is 4.73. The highest BCUT2D eigenvalue weighted by atomic mass is 32.1. The van der Waals surface area contributed by atoms with Crippen LogP contribution in [0.15, 0.2) is 47.8 Å². The highest BCUT2D eigenvalue weighted by molar-refractivity contribution is 7.12. The van der Waals surface area contributed by atoms with Crippen LogP contribution in [-0.2, 0) is 11.2 Å². The molecule has 1 heterocycles. The number of benzene rings is 1. The van der Waals surface area contributed by atoms with E-state index in [9.17, 15) is 9.59 Å². The number of thiophene rings is 1. The molecule has 23 heavy (non-hydrogen) atoms. The molecule has 0 bridgehead atoms. The number of hydrogen-bond donors (Lipinski definition) is 1. The minimum atomic E-state index is -0.0761. The van der Waals surface area contributed by atoms with E-state index in [0.29, 0.717) is 24.5 Å². The van der Waals surface area contributed by atoms with Crippen molar-refractivity contribution in [1.29, 1.82) is 0 Å². The minimum Gasteiger partial charge on any atom is -0.350 e. The first-order valence-corrected chi connectivity index (χ1v) is 8.66. The lowest BCUT2D eigenvalue weighted by atomic mass is 10.1. The Hall–Kier alpha value is -2.14. The van der Waals surface area contributed by atoms with E-state index in [2.05, 4.69) is 17.4 Å². The molecule has 2 rings (SSSR count). The van der Waals surface area contributed by atoms with Crippen molar-refractivity contribution < 1.29 is 9.59 Å². The summed E-state index contributed by atoms with van der Waals surface area (Å²) >= 11 is 1.42. The Kier molecular flexibility index (Phi) is 6.81. The Balaban J connectivity index is 1.71. The van der Waals surface area contributed by atoms with Crippen molar-refractivity contribution in [3.8, 4) is 0 Å². The summed E-state index contributed by atoms with van der Waals surface area (Å²) in [4.78, 5) is 26.0. The molecule has 1 aromatic carbocycles. The van der Waals surface area contributed by atoms with Crippen LogP contribution in [-0.4, -0.2) is 36.3 Å². The van der Waals surface area contributed by atoms with Crippen molar-refractivity contribution in [3.63, 3.8) is 0 Å². The van der Waals surface area contributed by atoms with Crippen LogP contribution in [0.2, 0.25) is 0 Å². The zero-order valence-electron chi connectivity index (χ0n) is 13.3. The molecule has 122 valence electrons. The summed E-state index contributed by atoms with van der Waals surface area (Å²) < 4.78 is 0. The lowest BCUT2D eigenvalue weighted by Crippen LogP contribution is -2.38. The number of nitrogens with zero attached hydrogens (tertiary/aromatic N) is 1. The number of carbonyl (C=O) groups excluding carboxylic acids is 2. The monoisotopic (exact) mass is 330 g/mol. The van der Waals surface area contributed by atoms with Gasteiger partial charge in [-0.15, -0.1) is 11.3 Å². The fourth-order valence-corrected chi connectivity index (χ4v) is 2.98. The molecule has 0 aliphatic rings. The lowest BCUT2D eigenvalue weighted by molar-refractivity contribution is -0.128. The second-order valence-corrected chi connectivity index (χ2v) is 6.28. The summed E-state index contributed by atoms with van der Waals surface area (Å²) in [5.74, 6) is -0.0313. The first-order valence-electron chi connectivity index (χ1n) is 7.78. The van der Waals surface area contributed by atoms with E-state index < -0.39 is 0 Å². The van der Waals surface area contributed by atoms with Gasteiger partial charge in [-0.2, -0.15) is 0 Å². The quantitative estimate of drug-likeness (QED) is 0.809. The molecule has 0 fully saturated rings. The Morgan fingerprint density at radius 3 is 2.52 bits per heavy atom. The zero-order chi connectivity index (χ0) is 16.5. The van der Waals surface area contributed by atoms with Crippen LogP contribution in [0.1, 0.15) is 28.6 Å². The summed E-state index contributed by atoms with van der Waals surface area (Å²) in [6.45, 7) is 3.30. The molecular weight excluding hydrogens is 308 g/mol. The van der Waals surface area contributed by atoms with E-state index in [-0.39, 0.29) is 11.8 Å². The van der Waals surface area contributed by atoms with Crippen LogP contribution in [0, 0.1) is 0 Å². The SMILES string of the molecule is CC(=O)N(CCCc1ccccc1)CCNC(=O)c1cccs1. The van der Waals surface area contributed by atoms with E-state index >= 15 is 0 Å². The fourth-order valence-electron chi connectivity index (χ4n) is 2.34. The van der Waals surface area contributed by atoms with E-state index in [0.717, 1.165) is 12.8 Å². The van der Waals surface area contributed by atoms with E-state index in [1.165, 1.54) is 16.9 Å². The first-order chi connectivity index (χ1) is 11.2. The maximum atomic E-state index is 11.9. The third-order valence-electron chi connectivity index (χ3n) is 3.59. The summed E-state index contributed by atoms with van der Waals surface area (Å²) in [6.07, 6.45) is 1.87. The average Bonchev–Trinajstić information content (AvgIpc) is 3.08. The molecule has 5 heteroatoms. The molecule has 1 aromatic heterocycles. The molecule has 0 spiro atoms. The molecule has 0 saturated heterocycles. The molecule has 0 radical (unpaired) electrons. The van der Waals surface area contributed by atoms with Gasteiger partial charge in [-0.1, -0.05) is 36.4 Å². The highest BCUT2D eigenvalue weighted by Crippen LogP contribution is 2.07. The maximum Gasteiger partial charge on any atom is 0.261 e. The van der Waals surface area contributed by atoms with Gasteiger partial charge >= 0.3 is 0 Å². The fraction of sp³-hybridized carbons (Fsp3) is 0.333. The number of rotatable bonds is 8. The first kappa shape index (κ1) is 17.2. The molecule has 0 aliphatic heterocycles. The Morgan fingerprint density at radius 1 is 1.09 bits per heavy atom. The van der Waals surface area contributed by atoms with Crippen LogP contribution < -0.4 is 5.32 Å². The van der Waals surface area contributed by atoms with Crippen molar-refractivity contribution in [1.82, 2.24) is 10.2 Å². The lowest BCUT2D eigenvalue weighted by Gasteiger charge is -2.21. The number of amides is 2. The van der Waals surface area contributed by atoms with Crippen molar-refractivity contribution in [2.75, 3.05) is 19.6 Å². The van der Waals surface area contributed by atoms with Crippen molar-refractivity contribution in [2.24, 2.45) is 0 Å². The zero-order valence-corrected chi connectivity index (χ0v) is 14.1. The third-order valence-corrected chi connectivity index (χ3v) is 4.46. The highest BCUT2D eigenvalue weighted by Gasteiger charge is 2.10. The molecule has 2 amide bonds. The van der Waals surface area contributed by atoms with Crippen molar-refractivity contribution >= 4 is 23.2 Å². The molecule has 0 aliphatic carbocycles. The predicted octanol–water partition coefficient (Wildman–Crippen LogP) is 2.96. The van der Waals surface area contributed by atoms with Crippen LogP contribution in [0.5, 0.6) is 0 Å². The number of nitrogens with one attached hydrogen (secondary N) is 1. The normalized spacial score (nSPS) is 10.3. The molecule has 1 N–H and O–H groups in total. The van der Waals surface area contributed by atoms with Gasteiger partial charge in [0, 0.05) is 26.6 Å². The van der Waals surface area contributed by atoms with Crippen LogP contribution in [0.3, 0.4) is 0 Å². The number of hydrogen-bond acceptors (Lipinski definition) is 3. The van der Waals surface area contributed by atoms with E-state index in [1.54, 1.807) is 17.9 Å². The van der Waals surface area contributed by atoms with Gasteiger partial charge in [-0.05, 0) is 29.9 Å². The van der Waals surface area contributed by atoms with Gasteiger partial charge in [0.2, 0.25) is 5.91 Å². The molecule has 2 aromatic rings. The van der Waals surface area contributed by atoms with Gasteiger partial charge < -0.3 is 10.2 Å². The minimum absolute atomic E-state index is 0.0448. The molecular formula is C18H22N2O2S. The standard InChI is InChI=1S/C18H22N2O2S/c1-15(21)20(12-5-9-16-7-3-2-4-8-16)13-11-19-18(22)17-10-6-14-23-17/h2-4,6-8,10,14H,5,9,11-13H2,1H3,(H,19,22). The van der Waals surface area contributed by atoms with Crippen LogP contribution in [0.4, 0.5) is 0 Å². The topological polar surface area (TPSA) is 49.4 Å². The van der Waals surface area contributed by atoms with Gasteiger partial charge in [-0.3, -0.25) is 9.59 Å². The number of aryl methyl sites for hydroxylation is 1. The van der Waals surface area contributed by atoms with Gasteiger partial charge in [0.25, 0.3) is 5.91 Å². The van der Waals surface area contributed by atoms with Crippen molar-refractivity contribution in [3.05, 3.63) is 58.3 Å². The van der Waals surface area contributed by atoms with Gasteiger partial charge in [0.15, 0.2) is 0 Å². The predicted molar refractivity (Wildman–Crippen MR) is 93.7 cm³/mol. The smallest absolute Gasteiger partial charge is 0.261 e. The third kappa shape index (κ3) is 5.87. The summed E-state index contributed by atoms with van der Waals surface area (Å²) in [5.41, 5.74) is 1.28. The van der Waals surface area contributed by atoms with Crippen molar-refractivity contribution in [2.45, 2.75) is 19.8 Å². The molecule has 4 nitrogen and oxygen atoms in total. The Morgan fingerprint density at radius 2 is 1.87 bits per heavy atom. The van der Waals surface area contributed by atoms with Crippen LogP contribution in [0.25, 0.3) is 0 Å². The van der Waals surface area contributed by atoms with E-state index in [4.69, 9.17) is 0 Å². The second kappa shape index (κ2) is 9.10. The second-order valence-electron chi connectivity index (χ2n) is 5.33. The van der Waals surface area contributed by atoms with Crippen LogP contribution >= 0.6 is 11.3 Å². The molecule has 0 unspecified atom stereocenters. The Labute approximate surface area is 141 Å². The summed E-state index contributed by atoms with van der Waals surface area (Å²) in [7, 11) is 0. The maximum absolute atomic E-state index is 11.9. The largest absolute Gasteiger partial charge is 0.350 e. The van der Waals surface area contributed by atoms with Gasteiger partial charge in [0.05, 0.1) is 4.88 Å². The van der Waals surface area contributed by atoms with Gasteiger partial charge in [-0.25, -0.2) is 0 Å². The molecule has 0 atom stereocenters. The van der Waals surface area contributed by atoms with E-state index in [1.807, 2.05) is 29.6 Å². The average molecular weight is 330 g/mol.